The second-order valence-electron chi connectivity index (χ2n) is 7.08. The van der Waals surface area contributed by atoms with Gasteiger partial charge in [-0.1, -0.05) is 6.92 Å². The number of likely N-dealkylation sites (N-methyl/N-ethyl adjacent to an activating group) is 1. The first kappa shape index (κ1) is 24.8. The average molecular weight is 505 g/mol. The van der Waals surface area contributed by atoms with E-state index in [4.69, 9.17) is 15.2 Å². The zero-order valence-corrected chi connectivity index (χ0v) is 19.9. The molecule has 1 aromatic rings. The number of anilines is 1. The molecule has 3 N–H and O–H groups in total. The molecule has 160 valence electrons. The van der Waals surface area contributed by atoms with Crippen LogP contribution in [0.4, 0.5) is 5.69 Å². The topological polar surface area (TPSA) is 75.3 Å². The highest BCUT2D eigenvalue weighted by Crippen LogP contribution is 2.29. The molecule has 0 aliphatic carbocycles. The van der Waals surface area contributed by atoms with Gasteiger partial charge >= 0.3 is 0 Å². The van der Waals surface area contributed by atoms with Crippen molar-refractivity contribution in [2.24, 2.45) is 16.6 Å². The molecule has 0 radical (unpaired) electrons. The zero-order chi connectivity index (χ0) is 19.6. The van der Waals surface area contributed by atoms with Crippen LogP contribution in [0.2, 0.25) is 0 Å². The maximum Gasteiger partial charge on any atom is 0.193 e. The molecule has 1 aromatic carbocycles. The Hall–Kier alpha value is -1.26. The van der Waals surface area contributed by atoms with Crippen LogP contribution >= 0.6 is 24.0 Å². The number of hydrogen-bond donors (Lipinski definition) is 2. The highest BCUT2D eigenvalue weighted by molar-refractivity contribution is 14.0. The molecule has 2 rings (SSSR count). The van der Waals surface area contributed by atoms with E-state index in [0.29, 0.717) is 31.6 Å². The Morgan fingerprint density at radius 1 is 1.18 bits per heavy atom. The second-order valence-corrected chi connectivity index (χ2v) is 7.08. The fourth-order valence-corrected chi connectivity index (χ4v) is 3.11. The number of ether oxygens (including phenoxy) is 2. The Bertz CT molecular complexity index is 606. The molecule has 1 saturated heterocycles. The molecule has 0 amide bonds. The molecule has 1 heterocycles. The summed E-state index contributed by atoms with van der Waals surface area (Å²) >= 11 is 0. The second kappa shape index (κ2) is 13.1. The first-order chi connectivity index (χ1) is 13.0. The molecule has 7 nitrogen and oxygen atoms in total. The predicted octanol–water partition coefficient (Wildman–Crippen LogP) is 2.71. The summed E-state index contributed by atoms with van der Waals surface area (Å²) in [6.07, 6.45) is 0. The summed E-state index contributed by atoms with van der Waals surface area (Å²) in [6, 6.07) is 5.68. The van der Waals surface area contributed by atoms with E-state index >= 15 is 0 Å². The smallest absolute Gasteiger partial charge is 0.193 e. The Morgan fingerprint density at radius 3 is 2.50 bits per heavy atom. The molecular weight excluding hydrogens is 469 g/mol. The summed E-state index contributed by atoms with van der Waals surface area (Å²) in [6.45, 7) is 13.6. The van der Waals surface area contributed by atoms with Crippen LogP contribution in [-0.2, 0) is 0 Å². The van der Waals surface area contributed by atoms with Crippen LogP contribution in [0.15, 0.2) is 23.2 Å². The van der Waals surface area contributed by atoms with E-state index in [1.807, 2.05) is 32.0 Å². The van der Waals surface area contributed by atoms with Crippen LogP contribution in [0.1, 0.15) is 20.8 Å². The third-order valence-corrected chi connectivity index (χ3v) is 4.56. The van der Waals surface area contributed by atoms with Crippen molar-refractivity contribution >= 4 is 35.6 Å². The first-order valence-corrected chi connectivity index (χ1v) is 9.89. The van der Waals surface area contributed by atoms with Crippen molar-refractivity contribution in [2.75, 3.05) is 64.8 Å². The minimum absolute atomic E-state index is 0. The Labute approximate surface area is 186 Å². The SMILES string of the molecule is CCOc1ccc(OCC)c(NC(N)=NCC(C)CN2CCN(C)CC2)c1.I. The van der Waals surface area contributed by atoms with Gasteiger partial charge in [-0.15, -0.1) is 24.0 Å². The van der Waals surface area contributed by atoms with E-state index in [-0.39, 0.29) is 24.0 Å². The van der Waals surface area contributed by atoms with Crippen molar-refractivity contribution in [3.05, 3.63) is 18.2 Å². The summed E-state index contributed by atoms with van der Waals surface area (Å²) in [5.74, 6) is 2.37. The van der Waals surface area contributed by atoms with Crippen molar-refractivity contribution in [1.82, 2.24) is 9.80 Å². The third-order valence-electron chi connectivity index (χ3n) is 4.56. The highest BCUT2D eigenvalue weighted by Gasteiger charge is 2.16. The van der Waals surface area contributed by atoms with E-state index < -0.39 is 0 Å². The number of rotatable bonds is 9. The minimum Gasteiger partial charge on any atom is -0.494 e. The molecule has 1 aliphatic rings. The molecular formula is C20H36IN5O2. The van der Waals surface area contributed by atoms with Crippen molar-refractivity contribution in [3.63, 3.8) is 0 Å². The van der Waals surface area contributed by atoms with Crippen LogP contribution in [0.5, 0.6) is 11.5 Å². The number of nitrogens with two attached hydrogens (primary N) is 1. The number of piperazine rings is 1. The van der Waals surface area contributed by atoms with E-state index in [0.717, 1.165) is 49.9 Å². The Kier molecular flexibility index (Phi) is 11.6. The van der Waals surface area contributed by atoms with Crippen molar-refractivity contribution in [3.8, 4) is 11.5 Å². The number of nitrogens with one attached hydrogen (secondary N) is 1. The monoisotopic (exact) mass is 505 g/mol. The molecule has 1 atom stereocenters. The van der Waals surface area contributed by atoms with Crippen molar-refractivity contribution < 1.29 is 9.47 Å². The van der Waals surface area contributed by atoms with Gasteiger partial charge in [0.1, 0.15) is 11.5 Å². The van der Waals surface area contributed by atoms with Crippen LogP contribution in [0, 0.1) is 5.92 Å². The molecule has 28 heavy (non-hydrogen) atoms. The van der Waals surface area contributed by atoms with E-state index in [1.54, 1.807) is 0 Å². The lowest BCUT2D eigenvalue weighted by Gasteiger charge is -2.33. The van der Waals surface area contributed by atoms with Crippen molar-refractivity contribution in [2.45, 2.75) is 20.8 Å². The highest BCUT2D eigenvalue weighted by atomic mass is 127. The maximum atomic E-state index is 6.12. The minimum atomic E-state index is 0. The van der Waals surface area contributed by atoms with E-state index in [2.05, 4.69) is 34.1 Å². The first-order valence-electron chi connectivity index (χ1n) is 9.89. The molecule has 1 unspecified atom stereocenters. The quantitative estimate of drug-likeness (QED) is 0.306. The van der Waals surface area contributed by atoms with Gasteiger partial charge < -0.3 is 30.3 Å². The number of aliphatic imine (C=N–C) groups is 1. The van der Waals surface area contributed by atoms with Crippen LogP contribution < -0.4 is 20.5 Å². The number of benzene rings is 1. The van der Waals surface area contributed by atoms with E-state index in [9.17, 15) is 0 Å². The molecule has 1 fully saturated rings. The Balaban J connectivity index is 0.00000392. The lowest BCUT2D eigenvalue weighted by molar-refractivity contribution is 0.140. The lowest BCUT2D eigenvalue weighted by atomic mass is 10.1. The van der Waals surface area contributed by atoms with Crippen LogP contribution in [0.3, 0.4) is 0 Å². The molecule has 0 aromatic heterocycles. The van der Waals surface area contributed by atoms with Gasteiger partial charge in [0.25, 0.3) is 0 Å². The van der Waals surface area contributed by atoms with Gasteiger partial charge in [-0.05, 0) is 38.9 Å². The molecule has 1 aliphatic heterocycles. The molecule has 0 bridgehead atoms. The van der Waals surface area contributed by atoms with Crippen molar-refractivity contribution in [1.29, 1.82) is 0 Å². The lowest BCUT2D eigenvalue weighted by Crippen LogP contribution is -2.46. The van der Waals surface area contributed by atoms with Gasteiger partial charge in [-0.25, -0.2) is 0 Å². The molecule has 0 saturated carbocycles. The fraction of sp³-hybridized carbons (Fsp3) is 0.650. The maximum absolute atomic E-state index is 6.12. The van der Waals surface area contributed by atoms with E-state index in [1.165, 1.54) is 0 Å². The standard InChI is InChI=1S/C20H35N5O2.HI/c1-5-26-17-7-8-19(27-6-2)18(13-17)23-20(21)22-14-16(3)15-25-11-9-24(4)10-12-25;/h7-8,13,16H,5-6,9-12,14-15H2,1-4H3,(H3,21,22,23);1H. The van der Waals surface area contributed by atoms with Crippen LogP contribution in [0.25, 0.3) is 0 Å². The summed E-state index contributed by atoms with van der Waals surface area (Å²) < 4.78 is 11.2. The van der Waals surface area contributed by atoms with Gasteiger partial charge in [0, 0.05) is 45.3 Å². The predicted molar refractivity (Wildman–Crippen MR) is 127 cm³/mol. The molecule has 8 heteroatoms. The summed E-state index contributed by atoms with van der Waals surface area (Å²) in [4.78, 5) is 9.40. The number of guanidine groups is 1. The fourth-order valence-electron chi connectivity index (χ4n) is 3.11. The van der Waals surface area contributed by atoms with Crippen LogP contribution in [-0.4, -0.2) is 75.3 Å². The van der Waals surface area contributed by atoms with Gasteiger partial charge in [0.15, 0.2) is 5.96 Å². The summed E-state index contributed by atoms with van der Waals surface area (Å²) in [5, 5.41) is 3.16. The van der Waals surface area contributed by atoms with Gasteiger partial charge in [0.05, 0.1) is 18.9 Å². The summed E-state index contributed by atoms with van der Waals surface area (Å²) in [7, 11) is 2.18. The van der Waals surface area contributed by atoms with Gasteiger partial charge in [-0.2, -0.15) is 0 Å². The number of halogens is 1. The number of hydrogen-bond acceptors (Lipinski definition) is 5. The largest absolute Gasteiger partial charge is 0.494 e. The average Bonchev–Trinajstić information content (AvgIpc) is 2.64. The molecule has 0 spiro atoms. The van der Waals surface area contributed by atoms with Gasteiger partial charge in [-0.3, -0.25) is 4.99 Å². The third kappa shape index (κ3) is 8.40. The normalized spacial score (nSPS) is 16.9. The van der Waals surface area contributed by atoms with Gasteiger partial charge in [0.2, 0.25) is 0 Å². The zero-order valence-electron chi connectivity index (χ0n) is 17.6. The number of nitrogens with zero attached hydrogens (tertiary/aromatic N) is 3. The Morgan fingerprint density at radius 2 is 1.86 bits per heavy atom. The summed E-state index contributed by atoms with van der Waals surface area (Å²) in [5.41, 5.74) is 6.89.